The predicted octanol–water partition coefficient (Wildman–Crippen LogP) is 8.08. The van der Waals surface area contributed by atoms with Gasteiger partial charge in [-0.3, -0.25) is 0 Å². The second-order valence-corrected chi connectivity index (χ2v) is 12.0. The lowest BCUT2D eigenvalue weighted by atomic mass is 9.87. The van der Waals surface area contributed by atoms with Crippen molar-refractivity contribution in [2.45, 2.75) is 48.0 Å². The Kier molecular flexibility index (Phi) is 5.26. The van der Waals surface area contributed by atoms with E-state index in [1.54, 1.807) is 0 Å². The van der Waals surface area contributed by atoms with Crippen molar-refractivity contribution in [3.63, 3.8) is 0 Å². The quantitative estimate of drug-likeness (QED) is 0.243. The van der Waals surface area contributed by atoms with Crippen LogP contribution in [0.2, 0.25) is 0 Å². The van der Waals surface area contributed by atoms with Crippen LogP contribution in [0.3, 0.4) is 0 Å². The fraction of sp³-hybridized carbons (Fsp3) is 0.290. The molecule has 3 heteroatoms. The van der Waals surface area contributed by atoms with Gasteiger partial charge in [-0.2, -0.15) is 9.83 Å². The summed E-state index contributed by atoms with van der Waals surface area (Å²) in [5, 5.41) is 14.8. The van der Waals surface area contributed by atoms with E-state index >= 15 is 0 Å². The molecule has 0 fully saturated rings. The lowest BCUT2D eigenvalue weighted by molar-refractivity contribution is -0.659. The van der Waals surface area contributed by atoms with Gasteiger partial charge < -0.3 is 0 Å². The smallest absolute Gasteiger partial charge is 0.198 e. The van der Waals surface area contributed by atoms with E-state index in [0.717, 1.165) is 17.4 Å². The maximum absolute atomic E-state index is 10.0. The highest BCUT2D eigenvalue weighted by Gasteiger charge is 2.25. The van der Waals surface area contributed by atoms with Gasteiger partial charge in [0.05, 0.1) is 5.56 Å². The Morgan fingerprint density at radius 1 is 0.971 bits per heavy atom. The topological polar surface area (TPSA) is 27.7 Å². The Hall–Kier alpha value is -3.22. The van der Waals surface area contributed by atoms with Gasteiger partial charge in [0.1, 0.15) is 23.4 Å². The molecule has 3 aromatic carbocycles. The highest BCUT2D eigenvalue weighted by molar-refractivity contribution is 7.26. The van der Waals surface area contributed by atoms with Crippen molar-refractivity contribution in [1.29, 1.82) is 5.26 Å². The maximum atomic E-state index is 10.0. The molecule has 2 nitrogen and oxygen atoms in total. The number of pyridine rings is 1. The van der Waals surface area contributed by atoms with E-state index < -0.39 is 0 Å². The van der Waals surface area contributed by atoms with Gasteiger partial charge in [-0.15, -0.1) is 11.3 Å². The first-order chi connectivity index (χ1) is 16.1. The zero-order valence-corrected chi connectivity index (χ0v) is 21.9. The van der Waals surface area contributed by atoms with Crippen LogP contribution in [0.25, 0.3) is 42.2 Å². The van der Waals surface area contributed by atoms with Gasteiger partial charge >= 0.3 is 0 Å². The second kappa shape index (κ2) is 7.93. The van der Waals surface area contributed by atoms with Crippen LogP contribution in [0.4, 0.5) is 0 Å². The zero-order valence-electron chi connectivity index (χ0n) is 21.1. The summed E-state index contributed by atoms with van der Waals surface area (Å²) in [5.74, 6) is 0. The van der Waals surface area contributed by atoms with Crippen LogP contribution in [-0.2, 0) is 13.5 Å². The fourth-order valence-electron chi connectivity index (χ4n) is 5.21. The van der Waals surface area contributed by atoms with Gasteiger partial charge in [0, 0.05) is 15.5 Å². The molecule has 0 saturated carbocycles. The van der Waals surface area contributed by atoms with Crippen molar-refractivity contribution in [2.24, 2.45) is 12.5 Å². The number of fused-ring (bicyclic) bond motifs is 4. The SMILES string of the molecule is Cc1cc(C)c(C)c(-c2c3sc4cc5cc(CC(C)(C)C)ccc5cc4c3c(C#N)c[n+]2C)c1. The van der Waals surface area contributed by atoms with Gasteiger partial charge in [-0.05, 0) is 78.3 Å². The fourth-order valence-corrected chi connectivity index (χ4v) is 6.56. The molecule has 0 N–H and O–H groups in total. The van der Waals surface area contributed by atoms with Crippen LogP contribution in [0, 0.1) is 37.5 Å². The van der Waals surface area contributed by atoms with E-state index in [1.165, 1.54) is 59.1 Å². The molecule has 2 heterocycles. The number of hydrogen-bond donors (Lipinski definition) is 0. The molecule has 0 saturated heterocycles. The highest BCUT2D eigenvalue weighted by atomic mass is 32.1. The first kappa shape index (κ1) is 22.6. The number of aryl methyl sites for hydroxylation is 3. The Labute approximate surface area is 206 Å². The summed E-state index contributed by atoms with van der Waals surface area (Å²) in [7, 11) is 2.06. The van der Waals surface area contributed by atoms with E-state index in [2.05, 4.69) is 102 Å². The first-order valence-electron chi connectivity index (χ1n) is 11.9. The standard InChI is InChI=1S/C31H31N2S/c1-18-10-19(2)20(3)25(11-18)29-30-28(24(16-32)17-33(29)7)26-13-22-9-8-21(15-31(4,5)6)12-23(22)14-27(26)34-30/h8-14,17H,15H2,1-7H3/q+1. The molecule has 0 aliphatic heterocycles. The summed E-state index contributed by atoms with van der Waals surface area (Å²) in [6.07, 6.45) is 3.05. The number of rotatable bonds is 2. The van der Waals surface area contributed by atoms with Gasteiger partial charge in [0.15, 0.2) is 6.20 Å². The molecule has 170 valence electrons. The third-order valence-electron chi connectivity index (χ3n) is 6.79. The molecule has 0 radical (unpaired) electrons. The maximum Gasteiger partial charge on any atom is 0.230 e. The van der Waals surface area contributed by atoms with Crippen molar-refractivity contribution < 1.29 is 4.57 Å². The minimum Gasteiger partial charge on any atom is -0.198 e. The Balaban J connectivity index is 1.85. The van der Waals surface area contributed by atoms with Crippen molar-refractivity contribution >= 4 is 42.3 Å². The molecule has 34 heavy (non-hydrogen) atoms. The minimum atomic E-state index is 0.255. The number of hydrogen-bond acceptors (Lipinski definition) is 2. The second-order valence-electron chi connectivity index (χ2n) is 10.9. The molecule has 5 rings (SSSR count). The van der Waals surface area contributed by atoms with Crippen molar-refractivity contribution in [1.82, 2.24) is 0 Å². The average molecular weight is 464 g/mol. The molecule has 0 spiro atoms. The first-order valence-corrected chi connectivity index (χ1v) is 12.7. The summed E-state index contributed by atoms with van der Waals surface area (Å²) in [6.45, 7) is 13.4. The summed E-state index contributed by atoms with van der Waals surface area (Å²) >= 11 is 1.81. The van der Waals surface area contributed by atoms with Crippen LogP contribution in [0.5, 0.6) is 0 Å². The zero-order chi connectivity index (χ0) is 24.4. The summed E-state index contributed by atoms with van der Waals surface area (Å²) in [4.78, 5) is 0. The van der Waals surface area contributed by atoms with Crippen LogP contribution < -0.4 is 4.57 Å². The van der Waals surface area contributed by atoms with E-state index in [4.69, 9.17) is 0 Å². The summed E-state index contributed by atoms with van der Waals surface area (Å²) < 4.78 is 4.56. The summed E-state index contributed by atoms with van der Waals surface area (Å²) in [5.41, 5.74) is 8.65. The number of aromatic nitrogens is 1. The van der Waals surface area contributed by atoms with E-state index in [-0.39, 0.29) is 5.41 Å². The third kappa shape index (κ3) is 3.77. The molecular formula is C31H31N2S+. The Bertz CT molecular complexity index is 1660. The van der Waals surface area contributed by atoms with Crippen molar-refractivity contribution in [3.05, 3.63) is 76.5 Å². The van der Waals surface area contributed by atoms with Crippen LogP contribution in [0.15, 0.2) is 48.7 Å². The number of benzene rings is 3. The lowest BCUT2D eigenvalue weighted by Gasteiger charge is -2.18. The van der Waals surface area contributed by atoms with Gasteiger partial charge in [0.25, 0.3) is 0 Å². The highest BCUT2D eigenvalue weighted by Crippen LogP contribution is 2.42. The number of nitriles is 1. The van der Waals surface area contributed by atoms with Gasteiger partial charge in [-0.1, -0.05) is 50.6 Å². The minimum absolute atomic E-state index is 0.255. The molecule has 0 aliphatic rings. The molecule has 0 amide bonds. The monoisotopic (exact) mass is 463 g/mol. The Morgan fingerprint density at radius 3 is 2.44 bits per heavy atom. The van der Waals surface area contributed by atoms with Gasteiger partial charge in [0.2, 0.25) is 5.69 Å². The molecule has 0 bridgehead atoms. The van der Waals surface area contributed by atoms with Crippen LogP contribution in [-0.4, -0.2) is 0 Å². The number of nitrogens with zero attached hydrogens (tertiary/aromatic N) is 2. The van der Waals surface area contributed by atoms with E-state index in [1.807, 2.05) is 17.5 Å². The van der Waals surface area contributed by atoms with Gasteiger partial charge in [-0.25, -0.2) is 0 Å². The van der Waals surface area contributed by atoms with E-state index in [9.17, 15) is 5.26 Å². The molecular weight excluding hydrogens is 432 g/mol. The number of thiophene rings is 1. The van der Waals surface area contributed by atoms with Crippen molar-refractivity contribution in [2.75, 3.05) is 0 Å². The normalized spacial score (nSPS) is 12.1. The van der Waals surface area contributed by atoms with Crippen LogP contribution >= 0.6 is 11.3 Å². The lowest BCUT2D eigenvalue weighted by Crippen LogP contribution is -2.31. The predicted molar refractivity (Wildman–Crippen MR) is 146 cm³/mol. The molecule has 0 atom stereocenters. The summed E-state index contributed by atoms with van der Waals surface area (Å²) in [6, 6.07) is 18.4. The largest absolute Gasteiger partial charge is 0.230 e. The molecule has 2 aromatic heterocycles. The van der Waals surface area contributed by atoms with Crippen molar-refractivity contribution in [3.8, 4) is 17.3 Å². The van der Waals surface area contributed by atoms with E-state index in [0.29, 0.717) is 0 Å². The third-order valence-corrected chi connectivity index (χ3v) is 7.95. The molecule has 5 aromatic rings. The molecule has 0 unspecified atom stereocenters. The van der Waals surface area contributed by atoms with Crippen LogP contribution in [0.1, 0.15) is 48.6 Å². The average Bonchev–Trinajstić information content (AvgIpc) is 3.11. The Morgan fingerprint density at radius 2 is 1.74 bits per heavy atom. The molecule has 0 aliphatic carbocycles.